The zero-order valence-electron chi connectivity index (χ0n) is 14.3. The quantitative estimate of drug-likeness (QED) is 0.508. The monoisotopic (exact) mass is 334 g/mol. The third-order valence-electron chi connectivity index (χ3n) is 4.28. The molecule has 0 fully saturated rings. The molecule has 0 bridgehead atoms. The number of nitrogens with zero attached hydrogens (tertiary/aromatic N) is 4. The van der Waals surface area contributed by atoms with Crippen molar-refractivity contribution in [3.63, 3.8) is 0 Å². The summed E-state index contributed by atoms with van der Waals surface area (Å²) in [5.74, 6) is 1.53. The maximum Gasteiger partial charge on any atom is 0.576 e. The van der Waals surface area contributed by atoms with Crippen molar-refractivity contribution in [2.75, 3.05) is 0 Å². The van der Waals surface area contributed by atoms with Gasteiger partial charge in [0.1, 0.15) is 11.5 Å². The summed E-state index contributed by atoms with van der Waals surface area (Å²) < 4.78 is 15.4. The molecular formula is C18H19BN4O2. The van der Waals surface area contributed by atoms with Gasteiger partial charge in [-0.15, -0.1) is 0 Å². The highest BCUT2D eigenvalue weighted by molar-refractivity contribution is 6.20. The summed E-state index contributed by atoms with van der Waals surface area (Å²) in [6.45, 7) is 5.85. The van der Waals surface area contributed by atoms with Crippen molar-refractivity contribution in [1.82, 2.24) is 19.6 Å². The molecule has 0 N–H and O–H groups in total. The highest BCUT2D eigenvalue weighted by atomic mass is 16.6. The molecule has 0 aliphatic carbocycles. The Kier molecular flexibility index (Phi) is 4.05. The molecule has 4 rings (SSSR count). The summed E-state index contributed by atoms with van der Waals surface area (Å²) in [5, 5.41) is 10.8. The van der Waals surface area contributed by atoms with Gasteiger partial charge >= 0.3 is 7.69 Å². The first kappa shape index (κ1) is 15.6. The molecule has 2 aromatic heterocycles. The second-order valence-corrected chi connectivity index (χ2v) is 5.77. The molecule has 0 amide bonds. The zero-order chi connectivity index (χ0) is 17.2. The smallest absolute Gasteiger partial charge is 0.529 e. The van der Waals surface area contributed by atoms with Crippen molar-refractivity contribution < 1.29 is 9.31 Å². The largest absolute Gasteiger partial charge is 0.576 e. The molecule has 0 saturated heterocycles. The first-order valence-corrected chi connectivity index (χ1v) is 8.45. The van der Waals surface area contributed by atoms with Crippen LogP contribution in [0.2, 0.25) is 0 Å². The lowest BCUT2D eigenvalue weighted by molar-refractivity contribution is 0.460. The van der Waals surface area contributed by atoms with Crippen LogP contribution in [-0.4, -0.2) is 27.2 Å². The van der Waals surface area contributed by atoms with Crippen LogP contribution in [0, 0.1) is 0 Å². The molecule has 6 nitrogen and oxygen atoms in total. The minimum Gasteiger partial charge on any atom is -0.529 e. The van der Waals surface area contributed by atoms with E-state index in [2.05, 4.69) is 24.0 Å². The third kappa shape index (κ3) is 2.93. The Hall–Kier alpha value is -2.96. The van der Waals surface area contributed by atoms with Gasteiger partial charge < -0.3 is 9.31 Å². The van der Waals surface area contributed by atoms with E-state index in [1.54, 1.807) is 0 Å². The first-order chi connectivity index (χ1) is 12.3. The number of benzene rings is 2. The fourth-order valence-electron chi connectivity index (χ4n) is 2.98. The van der Waals surface area contributed by atoms with Crippen molar-refractivity contribution in [1.29, 1.82) is 0 Å². The average molecular weight is 334 g/mol. The zero-order valence-corrected chi connectivity index (χ0v) is 14.3. The van der Waals surface area contributed by atoms with Gasteiger partial charge in [0.25, 0.3) is 0 Å². The Balaban J connectivity index is 1.43. The van der Waals surface area contributed by atoms with Gasteiger partial charge in [0.15, 0.2) is 0 Å². The second kappa shape index (κ2) is 6.51. The van der Waals surface area contributed by atoms with Gasteiger partial charge in [-0.1, -0.05) is 0 Å². The fourth-order valence-corrected chi connectivity index (χ4v) is 2.98. The van der Waals surface area contributed by atoms with E-state index in [4.69, 9.17) is 9.31 Å². The fraction of sp³-hybridized carbons (Fsp3) is 0.222. The highest BCUT2D eigenvalue weighted by Crippen LogP contribution is 2.22. The molecule has 126 valence electrons. The van der Waals surface area contributed by atoms with E-state index in [1.807, 2.05) is 58.2 Å². The molecule has 2 aromatic carbocycles. The summed E-state index contributed by atoms with van der Waals surface area (Å²) in [6, 6.07) is 11.9. The Labute approximate surface area is 146 Å². The molecule has 25 heavy (non-hydrogen) atoms. The molecule has 0 spiro atoms. The third-order valence-corrected chi connectivity index (χ3v) is 4.28. The maximum atomic E-state index is 5.72. The van der Waals surface area contributed by atoms with Crippen LogP contribution >= 0.6 is 0 Å². The van der Waals surface area contributed by atoms with Crippen LogP contribution < -0.4 is 9.31 Å². The number of fused-ring (bicyclic) bond motifs is 2. The van der Waals surface area contributed by atoms with Gasteiger partial charge in [-0.3, -0.25) is 9.36 Å². The van der Waals surface area contributed by atoms with E-state index in [-0.39, 0.29) is 7.69 Å². The molecule has 2 heterocycles. The van der Waals surface area contributed by atoms with Crippen molar-refractivity contribution in [2.24, 2.45) is 0 Å². The van der Waals surface area contributed by atoms with E-state index >= 15 is 0 Å². The van der Waals surface area contributed by atoms with Crippen LogP contribution in [0.5, 0.6) is 11.5 Å². The second-order valence-electron chi connectivity index (χ2n) is 5.77. The van der Waals surface area contributed by atoms with Gasteiger partial charge in [0, 0.05) is 23.9 Å². The Bertz CT molecular complexity index is 942. The Morgan fingerprint density at radius 1 is 0.800 bits per heavy atom. The average Bonchev–Trinajstić information content (AvgIpc) is 3.24. The summed E-state index contributed by atoms with van der Waals surface area (Å²) in [6.07, 6.45) is 3.71. The van der Waals surface area contributed by atoms with Gasteiger partial charge in [-0.05, 0) is 50.2 Å². The maximum absolute atomic E-state index is 5.72. The number of hydrogen-bond acceptors (Lipinski definition) is 4. The first-order valence-electron chi connectivity index (χ1n) is 8.45. The number of rotatable bonds is 6. The summed E-state index contributed by atoms with van der Waals surface area (Å²) in [4.78, 5) is 0. The van der Waals surface area contributed by atoms with Crippen molar-refractivity contribution in [3.8, 4) is 11.5 Å². The molecule has 0 aliphatic rings. The lowest BCUT2D eigenvalue weighted by Crippen LogP contribution is -2.10. The number of hydrogen-bond donors (Lipinski definition) is 0. The van der Waals surface area contributed by atoms with Crippen LogP contribution in [0.3, 0.4) is 0 Å². The standard InChI is InChI=1S/C18H19BN4O2/c1-3-22-17-7-5-15(9-13(17)11-20-22)24-19-25-16-6-8-18-14(10-16)12-21-23(18)4-2/h5-12,19H,3-4H2,1-2H3. The predicted octanol–water partition coefficient (Wildman–Crippen LogP) is 3.15. The summed E-state index contributed by atoms with van der Waals surface area (Å²) >= 11 is 0. The number of aromatic nitrogens is 4. The van der Waals surface area contributed by atoms with Crippen LogP contribution in [0.4, 0.5) is 0 Å². The predicted molar refractivity (Wildman–Crippen MR) is 99.2 cm³/mol. The van der Waals surface area contributed by atoms with E-state index in [9.17, 15) is 0 Å². The van der Waals surface area contributed by atoms with Gasteiger partial charge in [0.05, 0.1) is 23.4 Å². The van der Waals surface area contributed by atoms with Crippen LogP contribution in [0.15, 0.2) is 48.8 Å². The van der Waals surface area contributed by atoms with Crippen LogP contribution in [-0.2, 0) is 13.1 Å². The topological polar surface area (TPSA) is 54.1 Å². The molecule has 0 atom stereocenters. The molecule has 0 saturated carbocycles. The minimum absolute atomic E-state index is 0.154. The van der Waals surface area contributed by atoms with Crippen LogP contribution in [0.1, 0.15) is 13.8 Å². The molecule has 0 radical (unpaired) electrons. The Morgan fingerprint density at radius 2 is 1.28 bits per heavy atom. The molecule has 0 aliphatic heterocycles. The molecule has 0 unspecified atom stereocenters. The summed E-state index contributed by atoms with van der Waals surface area (Å²) in [5.41, 5.74) is 2.21. The van der Waals surface area contributed by atoms with Gasteiger partial charge in [-0.2, -0.15) is 10.2 Å². The molecule has 4 aromatic rings. The lowest BCUT2D eigenvalue weighted by atomic mass is 10.2. The lowest BCUT2D eigenvalue weighted by Gasteiger charge is -2.08. The van der Waals surface area contributed by atoms with E-state index in [0.29, 0.717) is 0 Å². The highest BCUT2D eigenvalue weighted by Gasteiger charge is 2.06. The minimum atomic E-state index is 0.154. The van der Waals surface area contributed by atoms with Crippen molar-refractivity contribution in [3.05, 3.63) is 48.8 Å². The normalized spacial score (nSPS) is 11.1. The van der Waals surface area contributed by atoms with Gasteiger partial charge in [-0.25, -0.2) is 0 Å². The Morgan fingerprint density at radius 3 is 1.72 bits per heavy atom. The van der Waals surface area contributed by atoms with Crippen molar-refractivity contribution >= 4 is 29.5 Å². The summed E-state index contributed by atoms with van der Waals surface area (Å²) in [7, 11) is 0.154. The van der Waals surface area contributed by atoms with E-state index < -0.39 is 0 Å². The van der Waals surface area contributed by atoms with Crippen LogP contribution in [0.25, 0.3) is 21.8 Å². The number of aryl methyl sites for hydroxylation is 2. The molecular weight excluding hydrogens is 315 g/mol. The molecule has 7 heteroatoms. The van der Waals surface area contributed by atoms with E-state index in [1.165, 1.54) is 0 Å². The van der Waals surface area contributed by atoms with Crippen molar-refractivity contribution in [2.45, 2.75) is 26.9 Å². The van der Waals surface area contributed by atoms with Gasteiger partial charge in [0.2, 0.25) is 0 Å². The SMILES string of the molecule is CCn1ncc2cc(OBOc3ccc4c(cnn4CC)c3)ccc21. The van der Waals surface area contributed by atoms with E-state index in [0.717, 1.165) is 46.4 Å².